The molecule has 7 heavy (non-hydrogen) atoms. The van der Waals surface area contributed by atoms with Gasteiger partial charge in [-0.2, -0.15) is 0 Å². The molecule has 0 atom stereocenters. The monoisotopic (exact) mass is 105 g/mol. The molecule has 0 aliphatic carbocycles. The molecule has 0 saturated heterocycles. The lowest BCUT2D eigenvalue weighted by atomic mass is 10.4. The molecule has 0 saturated carbocycles. The summed E-state index contributed by atoms with van der Waals surface area (Å²) in [6, 6.07) is 0. The fourth-order valence-electron chi connectivity index (χ4n) is 0.116. The molecular formula is C2H6BO4. The molecule has 1 radical (unpaired) electrons. The first-order chi connectivity index (χ1) is 3.41. The van der Waals surface area contributed by atoms with Gasteiger partial charge in [-0.1, -0.05) is 0 Å². The van der Waals surface area contributed by atoms with Gasteiger partial charge >= 0.3 is 7.69 Å². The molecule has 0 aromatic carbocycles. The lowest BCUT2D eigenvalue weighted by molar-refractivity contribution is -0.221. The van der Waals surface area contributed by atoms with Crippen molar-refractivity contribution in [1.29, 1.82) is 0 Å². The van der Waals surface area contributed by atoms with Gasteiger partial charge in [0.2, 0.25) is 0 Å². The second-order valence-electron chi connectivity index (χ2n) is 0.747. The van der Waals surface area contributed by atoms with Crippen molar-refractivity contribution in [2.45, 2.75) is 0 Å². The summed E-state index contributed by atoms with van der Waals surface area (Å²) in [7, 11) is 0.398. The van der Waals surface area contributed by atoms with Gasteiger partial charge in [0.1, 0.15) is 6.61 Å². The van der Waals surface area contributed by atoms with E-state index in [1.54, 1.807) is 0 Å². The van der Waals surface area contributed by atoms with E-state index in [1.165, 1.54) is 0 Å². The number of rotatable bonds is 4. The van der Waals surface area contributed by atoms with E-state index in [2.05, 4.69) is 9.69 Å². The van der Waals surface area contributed by atoms with Gasteiger partial charge in [0.05, 0.1) is 6.61 Å². The standard InChI is InChI=1S/C2H6BO4/c4-1-2-6-7-3-5/h4-5H,1-2H2. The molecule has 0 aromatic rings. The van der Waals surface area contributed by atoms with Crippen molar-refractivity contribution in [2.24, 2.45) is 0 Å². The Balaban J connectivity index is 2.45. The minimum Gasteiger partial charge on any atom is -0.427 e. The third-order valence-corrected chi connectivity index (χ3v) is 0.286. The molecule has 0 aromatic heterocycles. The second-order valence-corrected chi connectivity index (χ2v) is 0.747. The van der Waals surface area contributed by atoms with Crippen LogP contribution < -0.4 is 0 Å². The Hall–Kier alpha value is -0.0951. The molecule has 4 nitrogen and oxygen atoms in total. The maximum atomic E-state index is 7.99. The highest BCUT2D eigenvalue weighted by Crippen LogP contribution is 1.69. The summed E-state index contributed by atoms with van der Waals surface area (Å²) in [6.45, 7) is -0.0507. The van der Waals surface area contributed by atoms with E-state index in [4.69, 9.17) is 10.1 Å². The summed E-state index contributed by atoms with van der Waals surface area (Å²) >= 11 is 0. The van der Waals surface area contributed by atoms with Crippen LogP contribution in [0.3, 0.4) is 0 Å². The van der Waals surface area contributed by atoms with E-state index in [1.807, 2.05) is 0 Å². The van der Waals surface area contributed by atoms with Gasteiger partial charge in [0.25, 0.3) is 0 Å². The average Bonchev–Trinajstić information content (AvgIpc) is 1.69. The third kappa shape index (κ3) is 5.90. The topological polar surface area (TPSA) is 58.9 Å². The van der Waals surface area contributed by atoms with E-state index >= 15 is 0 Å². The minimum atomic E-state index is -0.117. The molecule has 0 fully saturated rings. The number of aliphatic hydroxyl groups excluding tert-OH is 1. The zero-order valence-corrected chi connectivity index (χ0v) is 3.70. The summed E-state index contributed by atoms with van der Waals surface area (Å²) < 4.78 is 0. The second kappa shape index (κ2) is 5.90. The van der Waals surface area contributed by atoms with Crippen molar-refractivity contribution in [3.63, 3.8) is 0 Å². The Kier molecular flexibility index (Phi) is 5.82. The van der Waals surface area contributed by atoms with Gasteiger partial charge < -0.3 is 10.1 Å². The Morgan fingerprint density at radius 3 is 2.71 bits per heavy atom. The summed E-state index contributed by atoms with van der Waals surface area (Å²) in [5.41, 5.74) is 0. The molecular weight excluding hydrogens is 98.8 g/mol. The molecule has 0 bridgehead atoms. The highest BCUT2D eigenvalue weighted by atomic mass is 17.2. The zero-order chi connectivity index (χ0) is 5.54. The average molecular weight is 105 g/mol. The van der Waals surface area contributed by atoms with Gasteiger partial charge in [-0.3, -0.25) is 4.81 Å². The van der Waals surface area contributed by atoms with Crippen LogP contribution in [0.2, 0.25) is 0 Å². The lowest BCUT2D eigenvalue weighted by Gasteiger charge is -1.93. The fourth-order valence-corrected chi connectivity index (χ4v) is 0.116. The van der Waals surface area contributed by atoms with Crippen LogP contribution in [0, 0.1) is 0 Å². The summed E-state index contributed by atoms with van der Waals surface area (Å²) in [6.07, 6.45) is 0. The van der Waals surface area contributed by atoms with Gasteiger partial charge in [-0.25, -0.2) is 4.89 Å². The van der Waals surface area contributed by atoms with Crippen LogP contribution in [0.15, 0.2) is 0 Å². The fraction of sp³-hybridized carbons (Fsp3) is 1.00. The largest absolute Gasteiger partial charge is 0.521 e. The number of aliphatic hydroxyl groups is 1. The molecule has 0 spiro atoms. The third-order valence-electron chi connectivity index (χ3n) is 0.286. The zero-order valence-electron chi connectivity index (χ0n) is 3.70. The Morgan fingerprint density at radius 1 is 1.57 bits per heavy atom. The Morgan fingerprint density at radius 2 is 2.29 bits per heavy atom. The molecule has 5 heteroatoms. The van der Waals surface area contributed by atoms with Crippen molar-refractivity contribution in [1.82, 2.24) is 0 Å². The number of hydrogen-bond donors (Lipinski definition) is 2. The molecule has 0 amide bonds. The van der Waals surface area contributed by atoms with Crippen molar-refractivity contribution in [3.05, 3.63) is 0 Å². The quantitative estimate of drug-likeness (QED) is 0.197. The van der Waals surface area contributed by atoms with Gasteiger partial charge in [0, 0.05) is 0 Å². The van der Waals surface area contributed by atoms with Crippen LogP contribution in [0.25, 0.3) is 0 Å². The first-order valence-electron chi connectivity index (χ1n) is 1.77. The Bertz CT molecular complexity index is 28.9. The molecule has 0 unspecified atom stereocenters. The highest BCUT2D eigenvalue weighted by Gasteiger charge is 1.84. The molecule has 2 N–H and O–H groups in total. The van der Waals surface area contributed by atoms with Crippen LogP contribution in [0.5, 0.6) is 0 Å². The summed E-state index contributed by atoms with van der Waals surface area (Å²) in [5.74, 6) is 0. The van der Waals surface area contributed by atoms with Crippen LogP contribution >= 0.6 is 0 Å². The van der Waals surface area contributed by atoms with Gasteiger partial charge in [0.15, 0.2) is 0 Å². The summed E-state index contributed by atoms with van der Waals surface area (Å²) in [4.78, 5) is 7.92. The van der Waals surface area contributed by atoms with Crippen molar-refractivity contribution < 1.29 is 19.8 Å². The van der Waals surface area contributed by atoms with E-state index in [-0.39, 0.29) is 13.2 Å². The minimum absolute atomic E-state index is 0.0665. The van der Waals surface area contributed by atoms with E-state index in [0.29, 0.717) is 7.69 Å². The lowest BCUT2D eigenvalue weighted by Crippen LogP contribution is -2.03. The van der Waals surface area contributed by atoms with E-state index < -0.39 is 0 Å². The first kappa shape index (κ1) is 6.90. The van der Waals surface area contributed by atoms with E-state index in [0.717, 1.165) is 0 Å². The van der Waals surface area contributed by atoms with Crippen LogP contribution in [0.1, 0.15) is 0 Å². The van der Waals surface area contributed by atoms with Crippen molar-refractivity contribution >= 4 is 7.69 Å². The smallest absolute Gasteiger partial charge is 0.427 e. The molecule has 41 valence electrons. The van der Waals surface area contributed by atoms with Crippen molar-refractivity contribution in [3.8, 4) is 0 Å². The van der Waals surface area contributed by atoms with Crippen molar-refractivity contribution in [2.75, 3.05) is 13.2 Å². The predicted molar refractivity (Wildman–Crippen MR) is 22.1 cm³/mol. The maximum absolute atomic E-state index is 7.99. The first-order valence-corrected chi connectivity index (χ1v) is 1.77. The molecule has 0 aliphatic rings. The van der Waals surface area contributed by atoms with Crippen LogP contribution in [0.4, 0.5) is 0 Å². The molecule has 0 aliphatic heterocycles. The normalized spacial score (nSPS) is 8.86. The number of hydrogen-bond acceptors (Lipinski definition) is 4. The van der Waals surface area contributed by atoms with E-state index in [9.17, 15) is 0 Å². The van der Waals surface area contributed by atoms with Gasteiger partial charge in [-0.05, 0) is 0 Å². The molecule has 0 rings (SSSR count). The van der Waals surface area contributed by atoms with Crippen LogP contribution in [-0.2, 0) is 9.69 Å². The molecule has 0 heterocycles. The maximum Gasteiger partial charge on any atom is 0.521 e. The SMILES string of the molecule is O[B]OOCCO. The highest BCUT2D eigenvalue weighted by molar-refractivity contribution is 6.15. The summed E-state index contributed by atoms with van der Waals surface area (Å²) in [5, 5.41) is 15.7. The van der Waals surface area contributed by atoms with Crippen LogP contribution in [-0.4, -0.2) is 31.0 Å². The predicted octanol–water partition coefficient (Wildman–Crippen LogP) is -1.55. The van der Waals surface area contributed by atoms with Gasteiger partial charge in [-0.15, -0.1) is 0 Å². The Labute approximate surface area is 41.9 Å².